The summed E-state index contributed by atoms with van der Waals surface area (Å²) in [4.78, 5) is 14.3. The minimum Gasteiger partial charge on any atom is -0.383 e. The van der Waals surface area contributed by atoms with Crippen molar-refractivity contribution in [1.82, 2.24) is 10.2 Å². The molecule has 0 spiro atoms. The first-order valence-corrected chi connectivity index (χ1v) is 7.75. The van der Waals surface area contributed by atoms with Crippen LogP contribution in [0.3, 0.4) is 0 Å². The van der Waals surface area contributed by atoms with Crippen molar-refractivity contribution in [3.8, 4) is 0 Å². The van der Waals surface area contributed by atoms with Gasteiger partial charge in [-0.3, -0.25) is 4.79 Å². The molecule has 1 atom stereocenters. The van der Waals surface area contributed by atoms with Gasteiger partial charge in [-0.1, -0.05) is 0 Å². The highest BCUT2D eigenvalue weighted by Crippen LogP contribution is 2.11. The van der Waals surface area contributed by atoms with Crippen LogP contribution >= 0.6 is 11.3 Å². The second-order valence-electron chi connectivity index (χ2n) is 4.93. The standard InChI is InChI=1S/C14H22N2O2S/c1-18-7-6-16(10-13-3-2-5-15-13)14(17)9-12-4-8-19-11-12/h4,8,11,13,15H,2-3,5-7,9-10H2,1H3. The fourth-order valence-corrected chi connectivity index (χ4v) is 3.05. The fourth-order valence-electron chi connectivity index (χ4n) is 2.38. The lowest BCUT2D eigenvalue weighted by Crippen LogP contribution is -2.43. The largest absolute Gasteiger partial charge is 0.383 e. The number of carbonyl (C=O) groups excluding carboxylic acids is 1. The lowest BCUT2D eigenvalue weighted by atomic mass is 10.2. The molecule has 1 fully saturated rings. The average molecular weight is 282 g/mol. The lowest BCUT2D eigenvalue weighted by molar-refractivity contribution is -0.131. The number of methoxy groups -OCH3 is 1. The number of hydrogen-bond donors (Lipinski definition) is 1. The van der Waals surface area contributed by atoms with Gasteiger partial charge in [0.1, 0.15) is 0 Å². The number of thiophene rings is 1. The predicted molar refractivity (Wildman–Crippen MR) is 77.5 cm³/mol. The quantitative estimate of drug-likeness (QED) is 0.824. The number of carbonyl (C=O) groups is 1. The van der Waals surface area contributed by atoms with Crippen LogP contribution in [0.25, 0.3) is 0 Å². The second-order valence-corrected chi connectivity index (χ2v) is 5.71. The molecule has 1 amide bonds. The van der Waals surface area contributed by atoms with Crippen molar-refractivity contribution in [3.63, 3.8) is 0 Å². The number of hydrogen-bond acceptors (Lipinski definition) is 4. The highest BCUT2D eigenvalue weighted by atomic mass is 32.1. The maximum absolute atomic E-state index is 12.4. The van der Waals surface area contributed by atoms with Crippen LogP contribution in [-0.4, -0.2) is 50.2 Å². The third kappa shape index (κ3) is 4.60. The van der Waals surface area contributed by atoms with E-state index in [1.807, 2.05) is 21.7 Å². The highest BCUT2D eigenvalue weighted by Gasteiger charge is 2.21. The Morgan fingerprint density at radius 3 is 3.16 bits per heavy atom. The number of rotatable bonds is 7. The molecule has 5 heteroatoms. The summed E-state index contributed by atoms with van der Waals surface area (Å²) >= 11 is 1.64. The molecule has 1 aliphatic rings. The van der Waals surface area contributed by atoms with Gasteiger partial charge >= 0.3 is 0 Å². The van der Waals surface area contributed by atoms with Crippen LogP contribution in [0, 0.1) is 0 Å². The van der Waals surface area contributed by atoms with Crippen LogP contribution in [0.15, 0.2) is 16.8 Å². The Morgan fingerprint density at radius 1 is 1.63 bits per heavy atom. The molecule has 0 aromatic carbocycles. The van der Waals surface area contributed by atoms with E-state index in [4.69, 9.17) is 4.74 Å². The van der Waals surface area contributed by atoms with Crippen LogP contribution < -0.4 is 5.32 Å². The summed E-state index contributed by atoms with van der Waals surface area (Å²) < 4.78 is 5.11. The van der Waals surface area contributed by atoms with Crippen LogP contribution in [-0.2, 0) is 16.0 Å². The van der Waals surface area contributed by atoms with Gasteiger partial charge in [-0.15, -0.1) is 0 Å². The van der Waals surface area contributed by atoms with Crippen LogP contribution in [0.4, 0.5) is 0 Å². The normalized spacial score (nSPS) is 18.7. The molecular formula is C14H22N2O2S. The molecular weight excluding hydrogens is 260 g/mol. The molecule has 1 aromatic heterocycles. The average Bonchev–Trinajstić information content (AvgIpc) is 3.07. The van der Waals surface area contributed by atoms with Gasteiger partial charge in [-0.05, 0) is 41.8 Å². The lowest BCUT2D eigenvalue weighted by Gasteiger charge is -2.25. The Hall–Kier alpha value is -0.910. The summed E-state index contributed by atoms with van der Waals surface area (Å²) in [6.45, 7) is 3.15. The van der Waals surface area contributed by atoms with E-state index >= 15 is 0 Å². The Balaban J connectivity index is 1.88. The Morgan fingerprint density at radius 2 is 2.53 bits per heavy atom. The topological polar surface area (TPSA) is 41.6 Å². The van der Waals surface area contributed by atoms with Gasteiger partial charge in [0.05, 0.1) is 13.0 Å². The number of nitrogens with one attached hydrogen (secondary N) is 1. The number of nitrogens with zero attached hydrogens (tertiary/aromatic N) is 1. The van der Waals surface area contributed by atoms with E-state index in [1.54, 1.807) is 18.4 Å². The van der Waals surface area contributed by atoms with Gasteiger partial charge in [0.2, 0.25) is 5.91 Å². The molecule has 0 radical (unpaired) electrons. The van der Waals surface area contributed by atoms with Crippen LogP contribution in [0.5, 0.6) is 0 Å². The van der Waals surface area contributed by atoms with E-state index in [-0.39, 0.29) is 5.91 Å². The third-order valence-electron chi connectivity index (χ3n) is 3.46. The first-order valence-electron chi connectivity index (χ1n) is 6.81. The molecule has 1 unspecified atom stereocenters. The Labute approximate surface area is 118 Å². The van der Waals surface area contributed by atoms with Gasteiger partial charge < -0.3 is 15.0 Å². The summed E-state index contributed by atoms with van der Waals surface area (Å²) in [6, 6.07) is 2.47. The van der Waals surface area contributed by atoms with E-state index in [9.17, 15) is 4.79 Å². The molecule has 1 aromatic rings. The maximum Gasteiger partial charge on any atom is 0.227 e. The minimum absolute atomic E-state index is 0.198. The van der Waals surface area contributed by atoms with Crippen molar-refractivity contribution >= 4 is 17.2 Å². The molecule has 1 N–H and O–H groups in total. The molecule has 2 rings (SSSR count). The monoisotopic (exact) mass is 282 g/mol. The first kappa shape index (κ1) is 14.5. The Kier molecular flexibility index (Phi) is 5.82. The summed E-state index contributed by atoms with van der Waals surface area (Å²) in [5.74, 6) is 0.198. The molecule has 0 bridgehead atoms. The van der Waals surface area contributed by atoms with Crippen molar-refractivity contribution in [2.75, 3.05) is 33.4 Å². The summed E-state index contributed by atoms with van der Waals surface area (Å²) in [6.07, 6.45) is 2.87. The van der Waals surface area contributed by atoms with Crippen molar-refractivity contribution in [2.24, 2.45) is 0 Å². The smallest absolute Gasteiger partial charge is 0.227 e. The summed E-state index contributed by atoms with van der Waals surface area (Å²) in [5.41, 5.74) is 1.11. The second kappa shape index (κ2) is 7.62. The molecule has 106 valence electrons. The van der Waals surface area contributed by atoms with Gasteiger partial charge in [-0.25, -0.2) is 0 Å². The van der Waals surface area contributed by atoms with E-state index in [0.717, 1.165) is 25.1 Å². The van der Waals surface area contributed by atoms with E-state index in [0.29, 0.717) is 25.6 Å². The fraction of sp³-hybridized carbons (Fsp3) is 0.643. The van der Waals surface area contributed by atoms with E-state index in [2.05, 4.69) is 5.32 Å². The molecule has 0 saturated carbocycles. The third-order valence-corrected chi connectivity index (χ3v) is 4.19. The molecule has 1 aliphatic heterocycles. The van der Waals surface area contributed by atoms with Crippen molar-refractivity contribution in [2.45, 2.75) is 25.3 Å². The van der Waals surface area contributed by atoms with Gasteiger partial charge in [0.15, 0.2) is 0 Å². The van der Waals surface area contributed by atoms with Gasteiger partial charge in [0.25, 0.3) is 0 Å². The van der Waals surface area contributed by atoms with Crippen molar-refractivity contribution in [3.05, 3.63) is 22.4 Å². The zero-order valence-electron chi connectivity index (χ0n) is 11.4. The van der Waals surface area contributed by atoms with E-state index in [1.165, 1.54) is 6.42 Å². The highest BCUT2D eigenvalue weighted by molar-refractivity contribution is 7.07. The molecule has 0 aliphatic carbocycles. The van der Waals surface area contributed by atoms with Crippen molar-refractivity contribution < 1.29 is 9.53 Å². The van der Waals surface area contributed by atoms with E-state index < -0.39 is 0 Å². The Bertz CT molecular complexity index is 375. The van der Waals surface area contributed by atoms with Gasteiger partial charge in [-0.2, -0.15) is 11.3 Å². The van der Waals surface area contributed by atoms with Crippen LogP contribution in [0.1, 0.15) is 18.4 Å². The predicted octanol–water partition coefficient (Wildman–Crippen LogP) is 1.52. The molecule has 4 nitrogen and oxygen atoms in total. The summed E-state index contributed by atoms with van der Waals surface area (Å²) in [7, 11) is 1.68. The summed E-state index contributed by atoms with van der Waals surface area (Å²) in [5, 5.41) is 7.50. The molecule has 1 saturated heterocycles. The molecule has 2 heterocycles. The SMILES string of the molecule is COCCN(CC1CCCN1)C(=O)Cc1ccsc1. The van der Waals surface area contributed by atoms with Gasteiger partial charge in [0, 0.05) is 26.2 Å². The number of ether oxygens (including phenoxy) is 1. The zero-order valence-corrected chi connectivity index (χ0v) is 12.2. The maximum atomic E-state index is 12.4. The minimum atomic E-state index is 0.198. The zero-order chi connectivity index (χ0) is 13.5. The van der Waals surface area contributed by atoms with Crippen LogP contribution in [0.2, 0.25) is 0 Å². The number of amides is 1. The molecule has 19 heavy (non-hydrogen) atoms. The first-order chi connectivity index (χ1) is 9.29. The van der Waals surface area contributed by atoms with Crippen molar-refractivity contribution in [1.29, 1.82) is 0 Å².